The maximum absolute atomic E-state index is 12.9. The SMILES string of the molecule is O=C(NCCc1ccccc1)C1(C(=O)N[C@@H](CCCBr)B(O)O)CCCC1. The van der Waals surface area contributed by atoms with Gasteiger partial charge in [-0.15, -0.1) is 0 Å². The van der Waals surface area contributed by atoms with Crippen LogP contribution >= 0.6 is 15.9 Å². The summed E-state index contributed by atoms with van der Waals surface area (Å²) in [4.78, 5) is 25.8. The van der Waals surface area contributed by atoms with Gasteiger partial charge in [0.05, 0.1) is 5.94 Å². The molecule has 1 atom stereocenters. The van der Waals surface area contributed by atoms with Crippen LogP contribution in [0.3, 0.4) is 0 Å². The molecule has 1 aliphatic carbocycles. The zero-order chi connectivity index (χ0) is 19.7. The Hall–Kier alpha value is -1.38. The van der Waals surface area contributed by atoms with E-state index in [1.54, 1.807) is 0 Å². The van der Waals surface area contributed by atoms with Gasteiger partial charge in [-0.2, -0.15) is 0 Å². The zero-order valence-electron chi connectivity index (χ0n) is 15.5. The average Bonchev–Trinajstić information content (AvgIpc) is 3.17. The van der Waals surface area contributed by atoms with Crippen molar-refractivity contribution in [3.8, 4) is 0 Å². The second-order valence-corrected chi connectivity index (χ2v) is 7.90. The summed E-state index contributed by atoms with van der Waals surface area (Å²) in [6.07, 6.45) is 4.43. The molecule has 1 aromatic rings. The Bertz CT molecular complexity index is 609. The molecule has 8 heteroatoms. The highest BCUT2D eigenvalue weighted by molar-refractivity contribution is 9.09. The summed E-state index contributed by atoms with van der Waals surface area (Å²) in [6, 6.07) is 9.86. The molecule has 27 heavy (non-hydrogen) atoms. The number of halogens is 1. The van der Waals surface area contributed by atoms with Crippen LogP contribution in [0.5, 0.6) is 0 Å². The lowest BCUT2D eigenvalue weighted by molar-refractivity contribution is -0.143. The third-order valence-corrected chi connectivity index (χ3v) is 5.75. The standard InChI is InChI=1S/C19H28BBrN2O4/c21-13-6-9-16(20(26)27)23-18(25)19(11-4-5-12-19)17(24)22-14-10-15-7-2-1-3-8-15/h1-3,7-8,16,26-27H,4-6,9-14H2,(H,22,24)(H,23,25)/t16-/m0/s1. The van der Waals surface area contributed by atoms with Crippen LogP contribution in [-0.2, 0) is 16.0 Å². The number of hydrogen-bond donors (Lipinski definition) is 4. The molecule has 1 saturated carbocycles. The lowest BCUT2D eigenvalue weighted by atomic mass is 9.75. The molecule has 0 unspecified atom stereocenters. The minimum atomic E-state index is -1.65. The number of amides is 2. The Morgan fingerprint density at radius 1 is 1.15 bits per heavy atom. The molecular formula is C19H28BBrN2O4. The lowest BCUT2D eigenvalue weighted by Crippen LogP contribution is -2.56. The van der Waals surface area contributed by atoms with E-state index in [0.29, 0.717) is 44.0 Å². The second kappa shape index (κ2) is 10.8. The largest absolute Gasteiger partial charge is 0.475 e. The highest BCUT2D eigenvalue weighted by atomic mass is 79.9. The van der Waals surface area contributed by atoms with Crippen molar-refractivity contribution in [2.75, 3.05) is 11.9 Å². The maximum Gasteiger partial charge on any atom is 0.475 e. The molecule has 4 N–H and O–H groups in total. The molecule has 0 radical (unpaired) electrons. The zero-order valence-corrected chi connectivity index (χ0v) is 17.1. The van der Waals surface area contributed by atoms with E-state index in [0.717, 1.165) is 18.4 Å². The van der Waals surface area contributed by atoms with Crippen molar-refractivity contribution in [1.82, 2.24) is 10.6 Å². The Morgan fingerprint density at radius 2 is 1.81 bits per heavy atom. The van der Waals surface area contributed by atoms with Crippen LogP contribution in [0.1, 0.15) is 44.1 Å². The van der Waals surface area contributed by atoms with Gasteiger partial charge in [0.15, 0.2) is 0 Å². The van der Waals surface area contributed by atoms with Crippen molar-refractivity contribution >= 4 is 34.9 Å². The fourth-order valence-corrected chi connectivity index (χ4v) is 3.89. The van der Waals surface area contributed by atoms with Gasteiger partial charge in [-0.3, -0.25) is 9.59 Å². The molecule has 1 aliphatic rings. The maximum atomic E-state index is 12.9. The van der Waals surface area contributed by atoms with E-state index in [-0.39, 0.29) is 5.91 Å². The summed E-state index contributed by atoms with van der Waals surface area (Å²) in [7, 11) is -1.65. The predicted molar refractivity (Wildman–Crippen MR) is 109 cm³/mol. The van der Waals surface area contributed by atoms with Gasteiger partial charge in [0.2, 0.25) is 11.8 Å². The molecule has 2 amide bonds. The molecule has 0 aromatic heterocycles. The normalized spacial score (nSPS) is 16.6. The van der Waals surface area contributed by atoms with Crippen LogP contribution < -0.4 is 10.6 Å². The van der Waals surface area contributed by atoms with E-state index in [9.17, 15) is 19.6 Å². The van der Waals surface area contributed by atoms with Gasteiger partial charge in [-0.1, -0.05) is 59.1 Å². The van der Waals surface area contributed by atoms with Crippen LogP contribution in [0.2, 0.25) is 0 Å². The van der Waals surface area contributed by atoms with Gasteiger partial charge in [0.25, 0.3) is 0 Å². The lowest BCUT2D eigenvalue weighted by Gasteiger charge is -2.29. The number of nitrogens with one attached hydrogen (secondary N) is 2. The molecule has 1 aromatic carbocycles. The van der Waals surface area contributed by atoms with Gasteiger partial charge in [-0.25, -0.2) is 0 Å². The van der Waals surface area contributed by atoms with Crippen molar-refractivity contribution in [3.63, 3.8) is 0 Å². The molecule has 6 nitrogen and oxygen atoms in total. The smallest absolute Gasteiger partial charge is 0.426 e. The Labute approximate surface area is 169 Å². The highest BCUT2D eigenvalue weighted by Gasteiger charge is 2.48. The van der Waals surface area contributed by atoms with Crippen molar-refractivity contribution < 1.29 is 19.6 Å². The van der Waals surface area contributed by atoms with Crippen LogP contribution in [0, 0.1) is 5.41 Å². The molecule has 0 heterocycles. The molecule has 0 saturated heterocycles. The number of carbonyl (C=O) groups is 2. The van der Waals surface area contributed by atoms with Crippen molar-refractivity contribution in [2.45, 2.75) is 50.9 Å². The summed E-state index contributed by atoms with van der Waals surface area (Å²) in [5.41, 5.74) is 0.0130. The molecular weight excluding hydrogens is 411 g/mol. The van der Waals surface area contributed by atoms with Gasteiger partial charge in [0.1, 0.15) is 5.41 Å². The fraction of sp³-hybridized carbons (Fsp3) is 0.579. The summed E-state index contributed by atoms with van der Waals surface area (Å²) >= 11 is 3.30. The van der Waals surface area contributed by atoms with Crippen molar-refractivity contribution in [1.29, 1.82) is 0 Å². The van der Waals surface area contributed by atoms with Crippen molar-refractivity contribution in [3.05, 3.63) is 35.9 Å². The van der Waals surface area contributed by atoms with Gasteiger partial charge in [0, 0.05) is 11.9 Å². The summed E-state index contributed by atoms with van der Waals surface area (Å²) in [6.45, 7) is 0.466. The van der Waals surface area contributed by atoms with Gasteiger partial charge in [-0.05, 0) is 37.7 Å². The van der Waals surface area contributed by atoms with E-state index in [1.165, 1.54) is 0 Å². The van der Waals surface area contributed by atoms with Gasteiger partial charge >= 0.3 is 7.12 Å². The fourth-order valence-electron chi connectivity index (χ4n) is 3.57. The highest BCUT2D eigenvalue weighted by Crippen LogP contribution is 2.38. The Kier molecular flexibility index (Phi) is 8.79. The average molecular weight is 439 g/mol. The molecule has 0 bridgehead atoms. The first-order valence-electron chi connectivity index (χ1n) is 9.55. The topological polar surface area (TPSA) is 98.7 Å². The molecule has 0 spiro atoms. The molecule has 1 fully saturated rings. The van der Waals surface area contributed by atoms with Crippen LogP contribution in [0.25, 0.3) is 0 Å². The minimum absolute atomic E-state index is 0.264. The Balaban J connectivity index is 1.97. The quantitative estimate of drug-likeness (QED) is 0.253. The number of rotatable bonds is 10. The van der Waals surface area contributed by atoms with Crippen LogP contribution in [0.4, 0.5) is 0 Å². The summed E-state index contributed by atoms with van der Waals surface area (Å²) in [5.74, 6) is -1.44. The van der Waals surface area contributed by atoms with E-state index in [1.807, 2.05) is 30.3 Å². The second-order valence-electron chi connectivity index (χ2n) is 7.11. The first kappa shape index (κ1) is 21.9. The minimum Gasteiger partial charge on any atom is -0.426 e. The van der Waals surface area contributed by atoms with Gasteiger partial charge < -0.3 is 20.7 Å². The summed E-state index contributed by atoms with van der Waals surface area (Å²) in [5, 5.41) is 25.4. The molecule has 148 valence electrons. The summed E-state index contributed by atoms with van der Waals surface area (Å²) < 4.78 is 0. The van der Waals surface area contributed by atoms with E-state index < -0.39 is 24.4 Å². The third kappa shape index (κ3) is 6.06. The first-order chi connectivity index (χ1) is 13.0. The third-order valence-electron chi connectivity index (χ3n) is 5.19. The van der Waals surface area contributed by atoms with E-state index in [4.69, 9.17) is 0 Å². The monoisotopic (exact) mass is 438 g/mol. The number of carbonyl (C=O) groups excluding carboxylic acids is 2. The van der Waals surface area contributed by atoms with Crippen LogP contribution in [-0.4, -0.2) is 46.8 Å². The van der Waals surface area contributed by atoms with E-state index in [2.05, 4.69) is 26.6 Å². The molecule has 2 rings (SSSR count). The molecule has 0 aliphatic heterocycles. The Morgan fingerprint density at radius 3 is 2.41 bits per heavy atom. The van der Waals surface area contributed by atoms with E-state index >= 15 is 0 Å². The number of alkyl halides is 1. The van der Waals surface area contributed by atoms with Crippen LogP contribution in [0.15, 0.2) is 30.3 Å². The predicted octanol–water partition coefficient (Wildman–Crippen LogP) is 1.58. The first-order valence-corrected chi connectivity index (χ1v) is 10.7. The number of benzene rings is 1. The number of hydrogen-bond acceptors (Lipinski definition) is 4. The van der Waals surface area contributed by atoms with Crippen molar-refractivity contribution in [2.24, 2.45) is 5.41 Å².